The largest absolute Gasteiger partial charge is 0.478 e. The molecule has 0 fully saturated rings. The average molecular weight is 492 g/mol. The Bertz CT molecular complexity index is 1340. The van der Waals surface area contributed by atoms with Gasteiger partial charge in [-0.1, -0.05) is 18.2 Å². The predicted octanol–water partition coefficient (Wildman–Crippen LogP) is 4.89. The van der Waals surface area contributed by atoms with Gasteiger partial charge in [0.25, 0.3) is 7.37 Å². The molecule has 1 atom stereocenters. The van der Waals surface area contributed by atoms with Gasteiger partial charge in [0.05, 0.1) is 16.2 Å². The Kier molecular flexibility index (Phi) is 6.98. The number of hydrogen-bond donors (Lipinski definition) is 2. The van der Waals surface area contributed by atoms with Gasteiger partial charge >= 0.3 is 5.97 Å². The fourth-order valence-corrected chi connectivity index (χ4v) is 6.80. The molecule has 0 bridgehead atoms. The number of aromatic carboxylic acids is 1. The summed E-state index contributed by atoms with van der Waals surface area (Å²) in [4.78, 5) is 25.1. The summed E-state index contributed by atoms with van der Waals surface area (Å²) in [5, 5.41) is 10.2. The number of allylic oxidation sites excluding steroid dienone is 5. The van der Waals surface area contributed by atoms with Crippen LogP contribution in [-0.2, 0) is 4.57 Å². The van der Waals surface area contributed by atoms with E-state index in [0.29, 0.717) is 21.8 Å². The second-order valence-electron chi connectivity index (χ2n) is 8.58. The number of carbonyl (C=O) groups is 1. The Balaban J connectivity index is 2.03. The SMILES string of the molecule is CCN(CC)c1ccc2c(c1)P(=O)(O)C1=CC(=[N+](CC)CC)C=CC1=C2c1ccc(C(=O)O)cc1. The topological polar surface area (TPSA) is 80.9 Å². The van der Waals surface area contributed by atoms with Crippen LogP contribution in [0.15, 0.2) is 71.6 Å². The van der Waals surface area contributed by atoms with Crippen molar-refractivity contribution in [3.63, 3.8) is 0 Å². The normalized spacial score (nSPS) is 18.7. The molecule has 0 saturated carbocycles. The Hall–Kier alpha value is -3.21. The smallest absolute Gasteiger partial charge is 0.335 e. The fourth-order valence-electron chi connectivity index (χ4n) is 4.90. The van der Waals surface area contributed by atoms with E-state index >= 15 is 0 Å². The highest BCUT2D eigenvalue weighted by atomic mass is 31.2. The zero-order chi connectivity index (χ0) is 25.3. The highest BCUT2D eigenvalue weighted by Gasteiger charge is 2.40. The van der Waals surface area contributed by atoms with Crippen LogP contribution in [-0.4, -0.2) is 52.4 Å². The summed E-state index contributed by atoms with van der Waals surface area (Å²) in [7, 11) is -3.89. The number of carboxylic acids is 1. The van der Waals surface area contributed by atoms with Crippen LogP contribution >= 0.6 is 7.37 Å². The molecule has 2 aromatic rings. The summed E-state index contributed by atoms with van der Waals surface area (Å²) in [5.41, 5.74) is 5.08. The molecule has 2 aromatic carbocycles. The van der Waals surface area contributed by atoms with E-state index < -0.39 is 13.3 Å². The van der Waals surface area contributed by atoms with Crippen molar-refractivity contribution in [2.24, 2.45) is 0 Å². The summed E-state index contributed by atoms with van der Waals surface area (Å²) in [6, 6.07) is 12.5. The van der Waals surface area contributed by atoms with Gasteiger partial charge in [0.2, 0.25) is 5.71 Å². The summed E-state index contributed by atoms with van der Waals surface area (Å²) >= 11 is 0. The first-order valence-corrected chi connectivity index (χ1v) is 13.8. The molecule has 35 heavy (non-hydrogen) atoms. The third kappa shape index (κ3) is 4.33. The first-order chi connectivity index (χ1) is 16.8. The standard InChI is InChI=1S/C28H31N2O4P/c1-5-29(6-2)21-13-15-23-25(17-21)35(33,34)26-18-22(30(7-3)8-4)14-16-24(26)27(23)19-9-11-20(12-10-19)28(31)32/h9-18H,5-8H2,1-4H3,(H-,31,32,33,34)/p+1. The van der Waals surface area contributed by atoms with E-state index in [2.05, 4.69) is 37.2 Å². The Morgan fingerprint density at radius 1 is 0.971 bits per heavy atom. The fraction of sp³-hybridized carbons (Fsp3) is 0.286. The first kappa shape index (κ1) is 24.9. The van der Waals surface area contributed by atoms with Crippen LogP contribution in [0.25, 0.3) is 5.57 Å². The quantitative estimate of drug-likeness (QED) is 0.426. The molecule has 1 aliphatic carbocycles. The summed E-state index contributed by atoms with van der Waals surface area (Å²) in [6.45, 7) is 11.4. The van der Waals surface area contributed by atoms with Crippen molar-refractivity contribution in [1.29, 1.82) is 0 Å². The Morgan fingerprint density at radius 2 is 1.63 bits per heavy atom. The molecule has 4 rings (SSSR count). The van der Waals surface area contributed by atoms with Gasteiger partial charge in [-0.25, -0.2) is 9.37 Å². The molecule has 182 valence electrons. The molecular formula is C28H32N2O4P+. The van der Waals surface area contributed by atoms with E-state index in [4.69, 9.17) is 0 Å². The average Bonchev–Trinajstić information content (AvgIpc) is 2.86. The Labute approximate surface area is 206 Å². The molecule has 0 amide bonds. The minimum absolute atomic E-state index is 0.201. The second kappa shape index (κ2) is 9.80. The van der Waals surface area contributed by atoms with Gasteiger partial charge in [0.15, 0.2) is 0 Å². The molecule has 6 nitrogen and oxygen atoms in total. The number of anilines is 1. The maximum atomic E-state index is 14.1. The zero-order valence-electron chi connectivity index (χ0n) is 20.7. The molecule has 1 unspecified atom stereocenters. The summed E-state index contributed by atoms with van der Waals surface area (Å²) in [6.07, 6.45) is 5.77. The third-order valence-electron chi connectivity index (χ3n) is 6.83. The van der Waals surface area contributed by atoms with Crippen LogP contribution in [0.1, 0.15) is 49.2 Å². The predicted molar refractivity (Wildman–Crippen MR) is 142 cm³/mol. The van der Waals surface area contributed by atoms with Gasteiger partial charge in [-0.2, -0.15) is 0 Å². The highest BCUT2D eigenvalue weighted by Crippen LogP contribution is 2.59. The lowest BCUT2D eigenvalue weighted by Gasteiger charge is -2.31. The van der Waals surface area contributed by atoms with E-state index in [-0.39, 0.29) is 5.56 Å². The van der Waals surface area contributed by atoms with E-state index in [1.807, 2.05) is 36.4 Å². The van der Waals surface area contributed by atoms with E-state index in [1.54, 1.807) is 24.3 Å². The van der Waals surface area contributed by atoms with Gasteiger partial charge in [0, 0.05) is 30.9 Å². The van der Waals surface area contributed by atoms with Crippen molar-refractivity contribution in [3.8, 4) is 0 Å². The van der Waals surface area contributed by atoms with Crippen molar-refractivity contribution in [3.05, 3.63) is 88.3 Å². The lowest BCUT2D eigenvalue weighted by Crippen LogP contribution is -2.27. The van der Waals surface area contributed by atoms with Gasteiger partial charge in [0.1, 0.15) is 13.1 Å². The van der Waals surface area contributed by atoms with E-state index in [1.165, 1.54) is 0 Å². The van der Waals surface area contributed by atoms with Crippen molar-refractivity contribution >= 4 is 35.6 Å². The number of hydrogen-bond acceptors (Lipinski definition) is 3. The van der Waals surface area contributed by atoms with Crippen LogP contribution < -0.4 is 10.2 Å². The van der Waals surface area contributed by atoms with Crippen molar-refractivity contribution in [2.45, 2.75) is 27.7 Å². The molecule has 0 aromatic heterocycles. The molecule has 0 saturated heterocycles. The maximum absolute atomic E-state index is 14.1. The van der Waals surface area contributed by atoms with E-state index in [9.17, 15) is 19.4 Å². The minimum Gasteiger partial charge on any atom is -0.478 e. The Morgan fingerprint density at radius 3 is 2.20 bits per heavy atom. The number of fused-ring (bicyclic) bond motifs is 2. The molecule has 0 spiro atoms. The minimum atomic E-state index is -3.89. The van der Waals surface area contributed by atoms with Gasteiger partial charge in [-0.3, -0.25) is 4.57 Å². The molecule has 2 N–H and O–H groups in total. The monoisotopic (exact) mass is 491 g/mol. The van der Waals surface area contributed by atoms with Crippen LogP contribution in [0.3, 0.4) is 0 Å². The van der Waals surface area contributed by atoms with Crippen molar-refractivity contribution < 1.29 is 23.9 Å². The van der Waals surface area contributed by atoms with Crippen molar-refractivity contribution in [1.82, 2.24) is 0 Å². The molecule has 0 radical (unpaired) electrons. The number of nitrogens with zero attached hydrogens (tertiary/aromatic N) is 2. The number of carboxylic acid groups (broad SMARTS) is 1. The van der Waals surface area contributed by atoms with Gasteiger partial charge in [-0.05, 0) is 80.3 Å². The first-order valence-electron chi connectivity index (χ1n) is 12.1. The van der Waals surface area contributed by atoms with Crippen LogP contribution in [0.2, 0.25) is 0 Å². The number of benzene rings is 2. The maximum Gasteiger partial charge on any atom is 0.335 e. The summed E-state index contributed by atoms with van der Waals surface area (Å²) in [5.74, 6) is -0.987. The van der Waals surface area contributed by atoms with Gasteiger partial charge < -0.3 is 14.9 Å². The van der Waals surface area contributed by atoms with Gasteiger partial charge in [-0.15, -0.1) is 0 Å². The third-order valence-corrected chi connectivity index (χ3v) is 8.88. The highest BCUT2D eigenvalue weighted by molar-refractivity contribution is 7.71. The number of rotatable bonds is 7. The van der Waals surface area contributed by atoms with Crippen LogP contribution in [0.4, 0.5) is 5.69 Å². The lowest BCUT2D eigenvalue weighted by molar-refractivity contribution is -0.519. The van der Waals surface area contributed by atoms with E-state index in [0.717, 1.165) is 48.7 Å². The molecular weight excluding hydrogens is 459 g/mol. The molecule has 7 heteroatoms. The van der Waals surface area contributed by atoms with Crippen LogP contribution in [0.5, 0.6) is 0 Å². The lowest BCUT2D eigenvalue weighted by atomic mass is 9.89. The van der Waals surface area contributed by atoms with Crippen LogP contribution in [0, 0.1) is 0 Å². The molecule has 1 heterocycles. The summed E-state index contributed by atoms with van der Waals surface area (Å²) < 4.78 is 16.3. The molecule has 1 aliphatic heterocycles. The second-order valence-corrected chi connectivity index (χ2v) is 10.7. The van der Waals surface area contributed by atoms with Crippen molar-refractivity contribution in [2.75, 3.05) is 31.1 Å². The molecule has 2 aliphatic rings. The zero-order valence-corrected chi connectivity index (χ0v) is 21.5.